The number of terminal acetylenes is 1. The van der Waals surface area contributed by atoms with Gasteiger partial charge in [-0.3, -0.25) is 0 Å². The van der Waals surface area contributed by atoms with Gasteiger partial charge in [-0.05, 0) is 13.8 Å². The molecule has 1 heterocycles. The fourth-order valence-corrected chi connectivity index (χ4v) is 0.791. The Labute approximate surface area is 81.3 Å². The smallest absolute Gasteiger partial charge is 0.444 e. The van der Waals surface area contributed by atoms with Crippen LogP contribution in [0.5, 0.6) is 0 Å². The van der Waals surface area contributed by atoms with Gasteiger partial charge in [-0.1, -0.05) is 5.92 Å². The van der Waals surface area contributed by atoms with Crippen LogP contribution in [-0.2, 0) is 19.0 Å². The van der Waals surface area contributed by atoms with E-state index in [0.29, 0.717) is 0 Å². The van der Waals surface area contributed by atoms with Crippen LogP contribution in [0.1, 0.15) is 13.8 Å². The molecular weight excluding hydrogens is 188 g/mol. The summed E-state index contributed by atoms with van der Waals surface area (Å²) in [6, 6.07) is 0. The van der Waals surface area contributed by atoms with Gasteiger partial charge in [0.25, 0.3) is 0 Å². The van der Waals surface area contributed by atoms with Crippen LogP contribution < -0.4 is 0 Å². The third-order valence-electron chi connectivity index (χ3n) is 1.56. The van der Waals surface area contributed by atoms with E-state index >= 15 is 0 Å². The summed E-state index contributed by atoms with van der Waals surface area (Å²) in [5.74, 6) is 1.59. The van der Waals surface area contributed by atoms with Crippen molar-refractivity contribution in [3.05, 3.63) is 0 Å². The van der Waals surface area contributed by atoms with E-state index in [1.807, 2.05) is 0 Å². The molecule has 0 N–H and O–H groups in total. The highest BCUT2D eigenvalue weighted by Crippen LogP contribution is 2.13. The maximum absolute atomic E-state index is 11.3. The van der Waals surface area contributed by atoms with E-state index in [1.165, 1.54) is 0 Å². The van der Waals surface area contributed by atoms with Gasteiger partial charge in [-0.2, -0.15) is 0 Å². The van der Waals surface area contributed by atoms with Crippen molar-refractivity contribution in [2.45, 2.75) is 25.6 Å². The second-order valence-corrected chi connectivity index (χ2v) is 3.24. The number of cyclic esters (lactones) is 2. The molecule has 14 heavy (non-hydrogen) atoms. The summed E-state index contributed by atoms with van der Waals surface area (Å²) in [7, 11) is 0. The van der Waals surface area contributed by atoms with Gasteiger partial charge in [0.05, 0.1) is 0 Å². The zero-order valence-corrected chi connectivity index (χ0v) is 7.90. The fraction of sp³-hybridized carbons (Fsp3) is 0.556. The van der Waals surface area contributed by atoms with Crippen LogP contribution in [0.3, 0.4) is 0 Å². The minimum Gasteiger partial charge on any atom is -0.444 e. The van der Waals surface area contributed by atoms with E-state index < -0.39 is 23.8 Å². The van der Waals surface area contributed by atoms with Crippen LogP contribution >= 0.6 is 0 Å². The van der Waals surface area contributed by atoms with Gasteiger partial charge in [0.2, 0.25) is 6.10 Å². The molecule has 1 atom stereocenters. The summed E-state index contributed by atoms with van der Waals surface area (Å²) in [4.78, 5) is 21.8. The molecule has 0 bridgehead atoms. The molecule has 5 heteroatoms. The Morgan fingerprint density at radius 3 is 2.79 bits per heavy atom. The SMILES string of the molecule is C#CC(C)(C)OC(=O)C1COC(=O)O1. The maximum Gasteiger partial charge on any atom is 0.509 e. The quantitative estimate of drug-likeness (QED) is 0.477. The molecule has 1 rings (SSSR count). The zero-order chi connectivity index (χ0) is 10.8. The number of carbonyl (C=O) groups excluding carboxylic acids is 2. The van der Waals surface area contributed by atoms with Crippen molar-refractivity contribution in [1.29, 1.82) is 0 Å². The van der Waals surface area contributed by atoms with Crippen LogP contribution in [0.25, 0.3) is 0 Å². The topological polar surface area (TPSA) is 61.8 Å². The van der Waals surface area contributed by atoms with Gasteiger partial charge in [0.15, 0.2) is 5.60 Å². The standard InChI is InChI=1S/C9H10O5/c1-4-9(2,3)14-7(10)6-5-12-8(11)13-6/h1,6H,5H2,2-3H3. The molecule has 0 aromatic carbocycles. The lowest BCUT2D eigenvalue weighted by molar-refractivity contribution is -0.160. The zero-order valence-electron chi connectivity index (χ0n) is 7.90. The minimum absolute atomic E-state index is 0.127. The monoisotopic (exact) mass is 198 g/mol. The summed E-state index contributed by atoms with van der Waals surface area (Å²) in [5, 5.41) is 0. The van der Waals surface area contributed by atoms with Crippen molar-refractivity contribution in [2.75, 3.05) is 6.61 Å². The minimum atomic E-state index is -1.01. The molecule has 0 spiro atoms. The van der Waals surface area contributed by atoms with Crippen molar-refractivity contribution in [3.63, 3.8) is 0 Å². The molecule has 76 valence electrons. The van der Waals surface area contributed by atoms with Crippen molar-refractivity contribution >= 4 is 12.1 Å². The highest BCUT2D eigenvalue weighted by atomic mass is 16.8. The highest BCUT2D eigenvalue weighted by molar-refractivity contribution is 5.80. The third kappa shape index (κ3) is 2.39. The van der Waals surface area contributed by atoms with Crippen LogP contribution in [-0.4, -0.2) is 30.4 Å². The average Bonchev–Trinajstić information content (AvgIpc) is 2.51. The molecule has 1 saturated heterocycles. The Balaban J connectivity index is 2.52. The molecule has 5 nitrogen and oxygen atoms in total. The van der Waals surface area contributed by atoms with Gasteiger partial charge in [0, 0.05) is 0 Å². The first-order valence-corrected chi connectivity index (χ1v) is 3.98. The molecule has 1 fully saturated rings. The van der Waals surface area contributed by atoms with E-state index in [-0.39, 0.29) is 6.61 Å². The first-order valence-electron chi connectivity index (χ1n) is 3.98. The number of rotatable bonds is 2. The van der Waals surface area contributed by atoms with Crippen molar-refractivity contribution < 1.29 is 23.8 Å². The summed E-state index contributed by atoms with van der Waals surface area (Å²) >= 11 is 0. The first-order chi connectivity index (χ1) is 6.44. The van der Waals surface area contributed by atoms with Gasteiger partial charge in [-0.25, -0.2) is 9.59 Å². The van der Waals surface area contributed by atoms with E-state index in [4.69, 9.17) is 11.2 Å². The molecule has 0 aromatic heterocycles. The molecule has 0 radical (unpaired) electrons. The summed E-state index contributed by atoms with van der Waals surface area (Å²) in [6.07, 6.45) is 3.24. The summed E-state index contributed by atoms with van der Waals surface area (Å²) in [6.45, 7) is 2.99. The van der Waals surface area contributed by atoms with E-state index in [9.17, 15) is 9.59 Å². The number of hydrogen-bond donors (Lipinski definition) is 0. The Kier molecular flexibility index (Phi) is 2.65. The second kappa shape index (κ2) is 3.58. The predicted octanol–water partition coefficient (Wildman–Crippen LogP) is 0.477. The summed E-state index contributed by atoms with van der Waals surface area (Å²) < 4.78 is 13.8. The lowest BCUT2D eigenvalue weighted by Gasteiger charge is -2.19. The molecule has 0 aliphatic carbocycles. The Hall–Kier alpha value is -1.70. The largest absolute Gasteiger partial charge is 0.509 e. The molecule has 1 unspecified atom stereocenters. The molecule has 0 amide bonds. The van der Waals surface area contributed by atoms with Crippen LogP contribution in [0, 0.1) is 12.3 Å². The molecule has 1 aliphatic rings. The normalized spacial score (nSPS) is 20.6. The van der Waals surface area contributed by atoms with Crippen LogP contribution in [0.2, 0.25) is 0 Å². The first kappa shape index (κ1) is 10.4. The summed E-state index contributed by atoms with van der Waals surface area (Å²) in [5.41, 5.74) is -1.01. The van der Waals surface area contributed by atoms with E-state index in [1.54, 1.807) is 13.8 Å². The predicted molar refractivity (Wildman–Crippen MR) is 45.2 cm³/mol. The highest BCUT2D eigenvalue weighted by Gasteiger charge is 2.35. The number of ether oxygens (including phenoxy) is 3. The van der Waals surface area contributed by atoms with Gasteiger partial charge in [0.1, 0.15) is 6.61 Å². The van der Waals surface area contributed by atoms with Crippen LogP contribution in [0.4, 0.5) is 4.79 Å². The Bertz CT molecular complexity index is 299. The lowest BCUT2D eigenvalue weighted by atomic mass is 10.1. The van der Waals surface area contributed by atoms with Gasteiger partial charge < -0.3 is 14.2 Å². The maximum atomic E-state index is 11.3. The fourth-order valence-electron chi connectivity index (χ4n) is 0.791. The molecular formula is C9H10O5. The van der Waals surface area contributed by atoms with Gasteiger partial charge >= 0.3 is 12.1 Å². The average molecular weight is 198 g/mol. The van der Waals surface area contributed by atoms with Crippen LogP contribution in [0.15, 0.2) is 0 Å². The van der Waals surface area contributed by atoms with E-state index in [0.717, 1.165) is 0 Å². The number of carbonyl (C=O) groups is 2. The molecule has 1 aliphatic heterocycles. The van der Waals surface area contributed by atoms with Crippen molar-refractivity contribution in [2.24, 2.45) is 0 Å². The molecule has 0 aromatic rings. The van der Waals surface area contributed by atoms with Crippen molar-refractivity contribution in [3.8, 4) is 12.3 Å². The Morgan fingerprint density at radius 2 is 2.36 bits per heavy atom. The second-order valence-electron chi connectivity index (χ2n) is 3.24. The number of hydrogen-bond acceptors (Lipinski definition) is 5. The third-order valence-corrected chi connectivity index (χ3v) is 1.56. The number of esters is 1. The van der Waals surface area contributed by atoms with Gasteiger partial charge in [-0.15, -0.1) is 6.42 Å². The van der Waals surface area contributed by atoms with E-state index in [2.05, 4.69) is 15.4 Å². The molecule has 0 saturated carbocycles. The lowest BCUT2D eigenvalue weighted by Crippen LogP contribution is -2.34. The van der Waals surface area contributed by atoms with Crippen molar-refractivity contribution in [1.82, 2.24) is 0 Å². The Morgan fingerprint density at radius 1 is 1.71 bits per heavy atom.